The average molecular weight is 408 g/mol. The van der Waals surface area contributed by atoms with Gasteiger partial charge in [-0.1, -0.05) is 23.2 Å². The lowest BCUT2D eigenvalue weighted by molar-refractivity contribution is -0.133. The van der Waals surface area contributed by atoms with Gasteiger partial charge in [0.1, 0.15) is 11.9 Å². The molecule has 1 aromatic carbocycles. The van der Waals surface area contributed by atoms with Gasteiger partial charge in [-0.3, -0.25) is 9.59 Å². The summed E-state index contributed by atoms with van der Waals surface area (Å²) in [5.41, 5.74) is 0.340. The molecule has 1 unspecified atom stereocenters. The second-order valence-electron chi connectivity index (χ2n) is 6.80. The van der Waals surface area contributed by atoms with Gasteiger partial charge in [-0.05, 0) is 37.5 Å². The number of hydrogen-bond donors (Lipinski definition) is 1. The zero-order valence-electron chi connectivity index (χ0n) is 14.6. The summed E-state index contributed by atoms with van der Waals surface area (Å²) in [5.74, 6) is 1.17. The van der Waals surface area contributed by atoms with Gasteiger partial charge in [0.15, 0.2) is 5.82 Å². The summed E-state index contributed by atoms with van der Waals surface area (Å²) in [6.45, 7) is 1.80. The molecule has 142 valence electrons. The number of benzene rings is 1. The van der Waals surface area contributed by atoms with Crippen LogP contribution in [0.25, 0.3) is 0 Å². The smallest absolute Gasteiger partial charge is 0.253 e. The number of nitrogens with one attached hydrogen (secondary N) is 1. The number of aromatic nitrogens is 3. The number of rotatable bonds is 4. The van der Waals surface area contributed by atoms with E-state index in [0.29, 0.717) is 22.8 Å². The first-order valence-electron chi connectivity index (χ1n) is 8.99. The fourth-order valence-electron chi connectivity index (χ4n) is 3.72. The Hall–Kier alpha value is -2.12. The van der Waals surface area contributed by atoms with Gasteiger partial charge < -0.3 is 14.8 Å². The Morgan fingerprint density at radius 3 is 2.70 bits per heavy atom. The third-order valence-electron chi connectivity index (χ3n) is 5.08. The summed E-state index contributed by atoms with van der Waals surface area (Å²) < 4.78 is 1.88. The number of halogens is 2. The number of hydrogen-bond acceptors (Lipinski definition) is 4. The Bertz CT molecular complexity index is 892. The lowest BCUT2D eigenvalue weighted by Gasteiger charge is -2.22. The van der Waals surface area contributed by atoms with Gasteiger partial charge in [-0.2, -0.15) is 0 Å². The van der Waals surface area contributed by atoms with Crippen molar-refractivity contribution in [3.05, 3.63) is 45.5 Å². The van der Waals surface area contributed by atoms with Crippen LogP contribution in [-0.4, -0.2) is 44.6 Å². The van der Waals surface area contributed by atoms with E-state index in [4.69, 9.17) is 23.2 Å². The molecule has 0 saturated carbocycles. The monoisotopic (exact) mass is 407 g/mol. The van der Waals surface area contributed by atoms with Crippen molar-refractivity contribution >= 4 is 35.0 Å². The predicted octanol–water partition coefficient (Wildman–Crippen LogP) is 2.62. The molecule has 4 rings (SSSR count). The van der Waals surface area contributed by atoms with E-state index in [2.05, 4.69) is 15.5 Å². The topological polar surface area (TPSA) is 80.1 Å². The van der Waals surface area contributed by atoms with Crippen molar-refractivity contribution in [3.8, 4) is 0 Å². The molecule has 0 bridgehead atoms. The third-order valence-corrected chi connectivity index (χ3v) is 5.62. The molecule has 7 nitrogen and oxygen atoms in total. The maximum Gasteiger partial charge on any atom is 0.253 e. The van der Waals surface area contributed by atoms with Crippen LogP contribution in [0.1, 0.15) is 47.3 Å². The molecule has 1 aromatic heterocycles. The first-order valence-corrected chi connectivity index (χ1v) is 9.75. The Morgan fingerprint density at radius 1 is 1.19 bits per heavy atom. The number of aryl methyl sites for hydroxylation is 1. The van der Waals surface area contributed by atoms with E-state index in [9.17, 15) is 9.59 Å². The van der Waals surface area contributed by atoms with Gasteiger partial charge in [0.05, 0.1) is 17.1 Å². The molecule has 1 N–H and O–H groups in total. The lowest BCUT2D eigenvalue weighted by Crippen LogP contribution is -2.35. The molecule has 3 heterocycles. The highest BCUT2D eigenvalue weighted by molar-refractivity contribution is 6.36. The molecular weight excluding hydrogens is 389 g/mol. The van der Waals surface area contributed by atoms with Crippen molar-refractivity contribution in [3.63, 3.8) is 0 Å². The SMILES string of the molecule is O=C(NCc1nnc2n1C(C(=O)N1CCCC1)CC2)c1ccc(Cl)cc1Cl. The molecule has 2 aromatic rings. The molecule has 27 heavy (non-hydrogen) atoms. The quantitative estimate of drug-likeness (QED) is 0.844. The van der Waals surface area contributed by atoms with Gasteiger partial charge >= 0.3 is 0 Å². The molecule has 0 radical (unpaired) electrons. The highest BCUT2D eigenvalue weighted by Crippen LogP contribution is 2.29. The lowest BCUT2D eigenvalue weighted by atomic mass is 10.2. The van der Waals surface area contributed by atoms with Crippen LogP contribution in [0.3, 0.4) is 0 Å². The number of likely N-dealkylation sites (tertiary alicyclic amines) is 1. The highest BCUT2D eigenvalue weighted by atomic mass is 35.5. The van der Waals surface area contributed by atoms with Crippen LogP contribution < -0.4 is 5.32 Å². The Balaban J connectivity index is 1.48. The second kappa shape index (κ2) is 7.48. The summed E-state index contributed by atoms with van der Waals surface area (Å²) in [7, 11) is 0. The van der Waals surface area contributed by atoms with Crippen molar-refractivity contribution < 1.29 is 9.59 Å². The van der Waals surface area contributed by atoms with E-state index in [1.807, 2.05) is 9.47 Å². The summed E-state index contributed by atoms with van der Waals surface area (Å²) in [6.07, 6.45) is 3.55. The Kier molecular flexibility index (Phi) is 5.06. The fraction of sp³-hybridized carbons (Fsp3) is 0.444. The number of amides is 2. The van der Waals surface area contributed by atoms with Crippen molar-refractivity contribution in [2.24, 2.45) is 0 Å². The molecule has 9 heteroatoms. The van der Waals surface area contributed by atoms with E-state index in [1.54, 1.807) is 12.1 Å². The molecule has 0 aliphatic carbocycles. The zero-order valence-corrected chi connectivity index (χ0v) is 16.1. The highest BCUT2D eigenvalue weighted by Gasteiger charge is 2.35. The molecule has 1 atom stereocenters. The van der Waals surface area contributed by atoms with Gasteiger partial charge in [-0.15, -0.1) is 10.2 Å². The van der Waals surface area contributed by atoms with Crippen molar-refractivity contribution in [2.75, 3.05) is 13.1 Å². The standard InChI is InChI=1S/C18H19Cl2N5O2/c19-11-3-4-12(13(20)9-11)17(26)21-10-16-23-22-15-6-5-14(25(15)16)18(27)24-7-1-2-8-24/h3-4,9,14H,1-2,5-8,10H2,(H,21,26). The maximum atomic E-state index is 12.8. The number of carbonyl (C=O) groups is 2. The second-order valence-corrected chi connectivity index (χ2v) is 7.64. The fourth-order valence-corrected chi connectivity index (χ4v) is 4.21. The maximum absolute atomic E-state index is 12.8. The summed E-state index contributed by atoms with van der Waals surface area (Å²) >= 11 is 12.0. The minimum absolute atomic E-state index is 0.124. The normalized spacial score (nSPS) is 18.6. The van der Waals surface area contributed by atoms with Crippen LogP contribution in [0.4, 0.5) is 0 Å². The predicted molar refractivity (Wildman–Crippen MR) is 101 cm³/mol. The molecule has 2 amide bonds. The third kappa shape index (κ3) is 3.53. The van der Waals surface area contributed by atoms with E-state index in [0.717, 1.165) is 38.2 Å². The van der Waals surface area contributed by atoms with Gasteiger partial charge in [0, 0.05) is 24.5 Å². The Labute approximate surface area is 166 Å². The van der Waals surface area contributed by atoms with E-state index in [1.165, 1.54) is 6.07 Å². The van der Waals surface area contributed by atoms with E-state index < -0.39 is 0 Å². The van der Waals surface area contributed by atoms with Crippen molar-refractivity contribution in [2.45, 2.75) is 38.3 Å². The van der Waals surface area contributed by atoms with E-state index in [-0.39, 0.29) is 29.4 Å². The molecule has 2 aliphatic rings. The first-order chi connectivity index (χ1) is 13.0. The minimum atomic E-state index is -0.325. The van der Waals surface area contributed by atoms with Crippen LogP contribution in [0.2, 0.25) is 10.0 Å². The van der Waals surface area contributed by atoms with Crippen LogP contribution in [0.5, 0.6) is 0 Å². The average Bonchev–Trinajstić information content (AvgIpc) is 3.37. The van der Waals surface area contributed by atoms with E-state index >= 15 is 0 Å². The van der Waals surface area contributed by atoms with Crippen molar-refractivity contribution in [1.82, 2.24) is 25.0 Å². The molecule has 1 fully saturated rings. The van der Waals surface area contributed by atoms with Gasteiger partial charge in [-0.25, -0.2) is 0 Å². The summed E-state index contributed by atoms with van der Waals surface area (Å²) in [5, 5.41) is 11.9. The van der Waals surface area contributed by atoms with Crippen LogP contribution >= 0.6 is 23.2 Å². The van der Waals surface area contributed by atoms with Crippen LogP contribution in [0.15, 0.2) is 18.2 Å². The zero-order chi connectivity index (χ0) is 19.0. The first kappa shape index (κ1) is 18.3. The van der Waals surface area contributed by atoms with Gasteiger partial charge in [0.2, 0.25) is 5.91 Å². The van der Waals surface area contributed by atoms with Crippen LogP contribution in [0, 0.1) is 0 Å². The molecule has 1 saturated heterocycles. The molecular formula is C18H19Cl2N5O2. The summed E-state index contributed by atoms with van der Waals surface area (Å²) in [6, 6.07) is 4.44. The Morgan fingerprint density at radius 2 is 1.96 bits per heavy atom. The van der Waals surface area contributed by atoms with Crippen molar-refractivity contribution in [1.29, 1.82) is 0 Å². The molecule has 0 spiro atoms. The van der Waals surface area contributed by atoms with Gasteiger partial charge in [0.25, 0.3) is 5.91 Å². The molecule has 2 aliphatic heterocycles. The number of fused-ring (bicyclic) bond motifs is 1. The number of nitrogens with zero attached hydrogens (tertiary/aromatic N) is 4. The largest absolute Gasteiger partial charge is 0.345 e. The number of carbonyl (C=O) groups excluding carboxylic acids is 2. The minimum Gasteiger partial charge on any atom is -0.345 e. The van der Waals surface area contributed by atoms with Crippen LogP contribution in [-0.2, 0) is 17.8 Å². The summed E-state index contributed by atoms with van der Waals surface area (Å²) in [4.78, 5) is 27.2.